The third-order valence-corrected chi connectivity index (χ3v) is 3.84. The molecule has 0 atom stereocenters. The zero-order valence-corrected chi connectivity index (χ0v) is 12.4. The Balaban J connectivity index is 2.79. The summed E-state index contributed by atoms with van der Waals surface area (Å²) in [5.41, 5.74) is 12.0. The minimum atomic E-state index is -0.0402. The van der Waals surface area contributed by atoms with Gasteiger partial charge in [0, 0.05) is 10.0 Å². The molecule has 2 rings (SSSR count). The van der Waals surface area contributed by atoms with Gasteiger partial charge in [-0.15, -0.1) is 0 Å². The number of benzene rings is 1. The molecule has 0 fully saturated rings. The van der Waals surface area contributed by atoms with E-state index in [0.29, 0.717) is 20.1 Å². The molecule has 0 saturated heterocycles. The number of hydrogen-bond donors (Lipinski definition) is 2. The second-order valence-electron chi connectivity index (χ2n) is 3.55. The van der Waals surface area contributed by atoms with E-state index in [9.17, 15) is 0 Å². The second kappa shape index (κ2) is 5.21. The van der Waals surface area contributed by atoms with Gasteiger partial charge in [0.05, 0.1) is 15.7 Å². The molecule has 96 valence electrons. The van der Waals surface area contributed by atoms with Gasteiger partial charge in [0.25, 0.3) is 0 Å². The number of nitriles is 1. The van der Waals surface area contributed by atoms with E-state index in [4.69, 9.17) is 39.9 Å². The molecule has 1 aromatic carbocycles. The summed E-state index contributed by atoms with van der Waals surface area (Å²) in [4.78, 5) is 7.75. The maximum Gasteiger partial charge on any atom is 0.222 e. The van der Waals surface area contributed by atoms with Gasteiger partial charge < -0.3 is 11.5 Å². The first-order chi connectivity index (χ1) is 8.93. The fourth-order valence-corrected chi connectivity index (χ4v) is 2.40. The first-order valence-electron chi connectivity index (χ1n) is 4.92. The zero-order chi connectivity index (χ0) is 14.2. The van der Waals surface area contributed by atoms with Gasteiger partial charge in [-0.1, -0.05) is 23.2 Å². The van der Waals surface area contributed by atoms with Crippen LogP contribution in [0.15, 0.2) is 16.6 Å². The summed E-state index contributed by atoms with van der Waals surface area (Å²) in [6.07, 6.45) is 0. The van der Waals surface area contributed by atoms with Crippen LogP contribution in [0.25, 0.3) is 11.3 Å². The molecule has 0 aliphatic heterocycles. The largest absolute Gasteiger partial charge is 0.382 e. The maximum absolute atomic E-state index is 9.13. The van der Waals surface area contributed by atoms with Crippen LogP contribution in [-0.4, -0.2) is 9.97 Å². The highest BCUT2D eigenvalue weighted by molar-refractivity contribution is 9.10. The lowest BCUT2D eigenvalue weighted by atomic mass is 10.1. The van der Waals surface area contributed by atoms with Crippen molar-refractivity contribution in [2.24, 2.45) is 0 Å². The lowest BCUT2D eigenvalue weighted by Gasteiger charge is -2.09. The van der Waals surface area contributed by atoms with Gasteiger partial charge in [-0.2, -0.15) is 10.2 Å². The standard InChI is InChI=1S/C11H6BrCl2N5/c12-6-2-7(13)4(1-8(6)14)9-5(3-15)10(16)19-11(17)18-9/h1-2H,(H4,16,17,18,19). The van der Waals surface area contributed by atoms with Crippen LogP contribution in [0.1, 0.15) is 5.56 Å². The Hall–Kier alpha value is -1.55. The Morgan fingerprint density at radius 3 is 2.47 bits per heavy atom. The highest BCUT2D eigenvalue weighted by Crippen LogP contribution is 2.36. The van der Waals surface area contributed by atoms with Gasteiger partial charge in [-0.25, -0.2) is 4.98 Å². The average Bonchev–Trinajstić information content (AvgIpc) is 2.33. The number of anilines is 2. The second-order valence-corrected chi connectivity index (χ2v) is 5.22. The Morgan fingerprint density at radius 1 is 1.16 bits per heavy atom. The van der Waals surface area contributed by atoms with Crippen LogP contribution >= 0.6 is 39.1 Å². The summed E-state index contributed by atoms with van der Waals surface area (Å²) in [6.45, 7) is 0. The summed E-state index contributed by atoms with van der Waals surface area (Å²) in [6, 6.07) is 5.12. The molecular weight excluding hydrogens is 353 g/mol. The number of nitrogens with two attached hydrogens (primary N) is 2. The van der Waals surface area contributed by atoms with Crippen molar-refractivity contribution in [3.63, 3.8) is 0 Å². The van der Waals surface area contributed by atoms with E-state index in [0.717, 1.165) is 0 Å². The van der Waals surface area contributed by atoms with Crippen LogP contribution in [0.4, 0.5) is 11.8 Å². The monoisotopic (exact) mass is 357 g/mol. The Labute approximate surface area is 127 Å². The lowest BCUT2D eigenvalue weighted by molar-refractivity contribution is 1.18. The van der Waals surface area contributed by atoms with Crippen molar-refractivity contribution in [2.75, 3.05) is 11.5 Å². The van der Waals surface area contributed by atoms with Gasteiger partial charge in [-0.3, -0.25) is 0 Å². The first-order valence-corrected chi connectivity index (χ1v) is 6.47. The van der Waals surface area contributed by atoms with E-state index in [2.05, 4.69) is 25.9 Å². The molecule has 0 saturated carbocycles. The molecule has 8 heteroatoms. The molecule has 0 aliphatic carbocycles. The zero-order valence-electron chi connectivity index (χ0n) is 9.28. The van der Waals surface area contributed by atoms with E-state index < -0.39 is 0 Å². The Bertz CT molecular complexity index is 711. The van der Waals surface area contributed by atoms with E-state index in [1.54, 1.807) is 12.1 Å². The van der Waals surface area contributed by atoms with Crippen molar-refractivity contribution in [1.82, 2.24) is 9.97 Å². The highest BCUT2D eigenvalue weighted by Gasteiger charge is 2.17. The number of nitrogens with zero attached hydrogens (tertiary/aromatic N) is 3. The van der Waals surface area contributed by atoms with Crippen LogP contribution in [0, 0.1) is 11.3 Å². The summed E-state index contributed by atoms with van der Waals surface area (Å²) < 4.78 is 0.636. The molecule has 0 amide bonds. The molecular formula is C11H6BrCl2N5. The van der Waals surface area contributed by atoms with Gasteiger partial charge in [0.15, 0.2) is 0 Å². The Morgan fingerprint density at radius 2 is 1.84 bits per heavy atom. The molecule has 1 heterocycles. The molecule has 19 heavy (non-hydrogen) atoms. The molecule has 1 aromatic heterocycles. The SMILES string of the molecule is N#Cc1c(N)nc(N)nc1-c1cc(Cl)c(Br)cc1Cl. The minimum absolute atomic E-state index is 0.0000999. The minimum Gasteiger partial charge on any atom is -0.382 e. The van der Waals surface area contributed by atoms with Crippen molar-refractivity contribution < 1.29 is 0 Å². The van der Waals surface area contributed by atoms with E-state index in [-0.39, 0.29) is 23.0 Å². The lowest BCUT2D eigenvalue weighted by Crippen LogP contribution is -2.05. The molecule has 2 aromatic rings. The van der Waals surface area contributed by atoms with Crippen molar-refractivity contribution >= 4 is 50.9 Å². The maximum atomic E-state index is 9.13. The molecule has 0 aliphatic rings. The predicted octanol–water partition coefficient (Wildman–Crippen LogP) is 3.25. The van der Waals surface area contributed by atoms with Crippen LogP contribution in [0.3, 0.4) is 0 Å². The third-order valence-electron chi connectivity index (χ3n) is 2.33. The molecule has 0 spiro atoms. The summed E-state index contributed by atoms with van der Waals surface area (Å²) in [5, 5.41) is 9.93. The Kier molecular flexibility index (Phi) is 3.80. The number of hydrogen-bond acceptors (Lipinski definition) is 5. The molecule has 5 nitrogen and oxygen atoms in total. The summed E-state index contributed by atoms with van der Waals surface area (Å²) in [5.74, 6) is -0.0401. The number of nitrogen functional groups attached to an aromatic ring is 2. The van der Waals surface area contributed by atoms with Crippen molar-refractivity contribution in [1.29, 1.82) is 5.26 Å². The first kappa shape index (κ1) is 13.9. The van der Waals surface area contributed by atoms with Gasteiger partial charge >= 0.3 is 0 Å². The number of rotatable bonds is 1. The van der Waals surface area contributed by atoms with Gasteiger partial charge in [0.1, 0.15) is 17.5 Å². The van der Waals surface area contributed by atoms with Crippen LogP contribution < -0.4 is 11.5 Å². The van der Waals surface area contributed by atoms with Crippen LogP contribution in [0.5, 0.6) is 0 Å². The smallest absolute Gasteiger partial charge is 0.222 e. The summed E-state index contributed by atoms with van der Waals surface area (Å²) in [7, 11) is 0. The molecule has 0 unspecified atom stereocenters. The number of aromatic nitrogens is 2. The van der Waals surface area contributed by atoms with Crippen molar-refractivity contribution in [3.05, 3.63) is 32.2 Å². The highest BCUT2D eigenvalue weighted by atomic mass is 79.9. The van der Waals surface area contributed by atoms with Gasteiger partial charge in [-0.05, 0) is 28.1 Å². The number of halogens is 3. The fourth-order valence-electron chi connectivity index (χ4n) is 1.51. The van der Waals surface area contributed by atoms with Crippen LogP contribution in [0.2, 0.25) is 10.0 Å². The molecule has 0 bridgehead atoms. The predicted molar refractivity (Wildman–Crippen MR) is 78.7 cm³/mol. The van der Waals surface area contributed by atoms with E-state index in [1.165, 1.54) is 0 Å². The topological polar surface area (TPSA) is 102 Å². The van der Waals surface area contributed by atoms with Crippen LogP contribution in [-0.2, 0) is 0 Å². The normalized spacial score (nSPS) is 10.2. The van der Waals surface area contributed by atoms with E-state index >= 15 is 0 Å². The van der Waals surface area contributed by atoms with E-state index in [1.807, 2.05) is 6.07 Å². The fraction of sp³-hybridized carbons (Fsp3) is 0. The van der Waals surface area contributed by atoms with Gasteiger partial charge in [0.2, 0.25) is 5.95 Å². The van der Waals surface area contributed by atoms with Crippen molar-refractivity contribution in [2.45, 2.75) is 0 Å². The van der Waals surface area contributed by atoms with Crippen molar-refractivity contribution in [3.8, 4) is 17.3 Å². The quantitative estimate of drug-likeness (QED) is 0.762. The average molecular weight is 359 g/mol. The molecule has 4 N–H and O–H groups in total. The summed E-state index contributed by atoms with van der Waals surface area (Å²) >= 11 is 15.4. The third kappa shape index (κ3) is 2.59. The molecule has 0 radical (unpaired) electrons.